The maximum absolute atomic E-state index is 12.3. The van der Waals surface area contributed by atoms with Gasteiger partial charge < -0.3 is 15.4 Å². The summed E-state index contributed by atoms with van der Waals surface area (Å²) in [4.78, 5) is 17.3. The van der Waals surface area contributed by atoms with E-state index in [9.17, 15) is 9.90 Å². The maximum Gasteiger partial charge on any atom is 0.251 e. The van der Waals surface area contributed by atoms with Gasteiger partial charge in [0.2, 0.25) is 0 Å². The van der Waals surface area contributed by atoms with Crippen LogP contribution in [0.25, 0.3) is 5.65 Å². The van der Waals surface area contributed by atoms with Crippen LogP contribution in [0.15, 0.2) is 10.9 Å². The Bertz CT molecular complexity index is 817. The molecule has 1 saturated carbocycles. The zero-order valence-electron chi connectivity index (χ0n) is 15.0. The van der Waals surface area contributed by atoms with Crippen LogP contribution in [0.2, 0.25) is 0 Å². The fraction of sp³-hybridized carbons (Fsp3) is 0.667. The molecule has 0 radical (unpaired) electrons. The SMILES string of the molecule is CCN(C1CC1)C(O)c1c(C)nn2c(C3CCNCC3)cc(=O)[nH]c12. The molecule has 3 N–H and O–H groups in total. The van der Waals surface area contributed by atoms with Gasteiger partial charge in [0.15, 0.2) is 0 Å². The smallest absolute Gasteiger partial charge is 0.251 e. The Kier molecular flexibility index (Phi) is 4.39. The second kappa shape index (κ2) is 6.55. The molecular formula is C18H27N5O2. The van der Waals surface area contributed by atoms with Crippen molar-refractivity contribution >= 4 is 5.65 Å². The summed E-state index contributed by atoms with van der Waals surface area (Å²) < 4.78 is 1.85. The summed E-state index contributed by atoms with van der Waals surface area (Å²) >= 11 is 0. The molecule has 25 heavy (non-hydrogen) atoms. The molecule has 7 heteroatoms. The standard InChI is InChI=1S/C18H27N5O2/c1-3-22(13-4-5-13)18(25)16-11(2)21-23-14(10-15(24)20-17(16)23)12-6-8-19-9-7-12/h10,12-13,18-19,25H,3-9H2,1-2H3,(H,20,24). The third kappa shape index (κ3) is 3.01. The molecule has 7 nitrogen and oxygen atoms in total. The summed E-state index contributed by atoms with van der Waals surface area (Å²) in [7, 11) is 0. The van der Waals surface area contributed by atoms with Gasteiger partial charge in [-0.05, 0) is 52.2 Å². The topological polar surface area (TPSA) is 85.7 Å². The average molecular weight is 345 g/mol. The van der Waals surface area contributed by atoms with Crippen LogP contribution in [-0.4, -0.2) is 50.3 Å². The lowest BCUT2D eigenvalue weighted by atomic mass is 9.94. The monoisotopic (exact) mass is 345 g/mol. The summed E-state index contributed by atoms with van der Waals surface area (Å²) in [6.45, 7) is 6.67. The van der Waals surface area contributed by atoms with E-state index in [-0.39, 0.29) is 5.56 Å². The van der Waals surface area contributed by atoms with Gasteiger partial charge in [-0.25, -0.2) is 4.52 Å². The molecule has 0 amide bonds. The quantitative estimate of drug-likeness (QED) is 0.711. The van der Waals surface area contributed by atoms with Gasteiger partial charge in [0, 0.05) is 18.0 Å². The number of hydrogen-bond acceptors (Lipinski definition) is 5. The van der Waals surface area contributed by atoms with Crippen LogP contribution in [-0.2, 0) is 0 Å². The molecule has 1 aliphatic carbocycles. The Hall–Kier alpha value is -1.70. The number of aliphatic hydroxyl groups excluding tert-OH is 1. The minimum absolute atomic E-state index is 0.121. The van der Waals surface area contributed by atoms with Crippen molar-refractivity contribution in [3.63, 3.8) is 0 Å². The van der Waals surface area contributed by atoms with Gasteiger partial charge in [-0.3, -0.25) is 9.69 Å². The van der Waals surface area contributed by atoms with Gasteiger partial charge in [0.05, 0.1) is 17.0 Å². The lowest BCUT2D eigenvalue weighted by molar-refractivity contribution is -0.000304. The average Bonchev–Trinajstić information content (AvgIpc) is 3.38. The van der Waals surface area contributed by atoms with E-state index in [0.29, 0.717) is 17.6 Å². The molecule has 0 aromatic carbocycles. The fourth-order valence-electron chi connectivity index (χ4n) is 4.12. The van der Waals surface area contributed by atoms with Crippen molar-refractivity contribution in [1.29, 1.82) is 0 Å². The van der Waals surface area contributed by atoms with Crippen LogP contribution in [0, 0.1) is 6.92 Å². The van der Waals surface area contributed by atoms with Crippen molar-refractivity contribution in [3.05, 3.63) is 33.4 Å². The highest BCUT2D eigenvalue weighted by Gasteiger charge is 2.35. The number of aromatic nitrogens is 3. The number of H-pyrrole nitrogens is 1. The zero-order chi connectivity index (χ0) is 17.6. The summed E-state index contributed by atoms with van der Waals surface area (Å²) in [6, 6.07) is 2.11. The van der Waals surface area contributed by atoms with Crippen molar-refractivity contribution < 1.29 is 5.11 Å². The van der Waals surface area contributed by atoms with E-state index in [1.165, 1.54) is 0 Å². The number of nitrogens with one attached hydrogen (secondary N) is 2. The van der Waals surface area contributed by atoms with Gasteiger partial charge in [-0.1, -0.05) is 6.92 Å². The van der Waals surface area contributed by atoms with Crippen LogP contribution >= 0.6 is 0 Å². The number of rotatable bonds is 5. The molecule has 2 aromatic rings. The fourth-order valence-corrected chi connectivity index (χ4v) is 4.12. The number of nitrogens with zero attached hydrogens (tertiary/aromatic N) is 3. The normalized spacial score (nSPS) is 20.5. The summed E-state index contributed by atoms with van der Waals surface area (Å²) in [6.07, 6.45) is 3.52. The highest BCUT2D eigenvalue weighted by molar-refractivity contribution is 5.52. The Labute approximate surface area is 147 Å². The van der Waals surface area contributed by atoms with E-state index in [4.69, 9.17) is 0 Å². The lowest BCUT2D eigenvalue weighted by Crippen LogP contribution is -2.31. The first kappa shape index (κ1) is 16.8. The molecule has 1 unspecified atom stereocenters. The predicted molar refractivity (Wildman–Crippen MR) is 95.8 cm³/mol. The highest BCUT2D eigenvalue weighted by atomic mass is 16.3. The molecule has 1 aliphatic heterocycles. The second-order valence-electron chi connectivity index (χ2n) is 7.28. The van der Waals surface area contributed by atoms with E-state index >= 15 is 0 Å². The lowest BCUT2D eigenvalue weighted by Gasteiger charge is -2.26. The van der Waals surface area contributed by atoms with Crippen molar-refractivity contribution in [1.82, 2.24) is 24.8 Å². The Morgan fingerprint density at radius 3 is 2.72 bits per heavy atom. The number of aromatic amines is 1. The number of aliphatic hydroxyl groups is 1. The highest BCUT2D eigenvalue weighted by Crippen LogP contribution is 2.35. The Balaban J connectivity index is 1.81. The first-order chi connectivity index (χ1) is 12.1. The van der Waals surface area contributed by atoms with E-state index in [2.05, 4.69) is 27.2 Å². The molecular weight excluding hydrogens is 318 g/mol. The molecule has 0 bridgehead atoms. The van der Waals surface area contributed by atoms with E-state index in [0.717, 1.165) is 62.3 Å². The Morgan fingerprint density at radius 1 is 1.36 bits per heavy atom. The van der Waals surface area contributed by atoms with Crippen molar-refractivity contribution in [2.75, 3.05) is 19.6 Å². The van der Waals surface area contributed by atoms with Gasteiger partial charge in [-0.15, -0.1) is 0 Å². The van der Waals surface area contributed by atoms with E-state index in [1.807, 2.05) is 11.4 Å². The van der Waals surface area contributed by atoms with Crippen LogP contribution in [0.4, 0.5) is 0 Å². The van der Waals surface area contributed by atoms with E-state index in [1.54, 1.807) is 6.07 Å². The Morgan fingerprint density at radius 2 is 2.08 bits per heavy atom. The van der Waals surface area contributed by atoms with Gasteiger partial charge in [0.1, 0.15) is 11.9 Å². The van der Waals surface area contributed by atoms with Crippen LogP contribution in [0.5, 0.6) is 0 Å². The molecule has 3 heterocycles. The molecule has 2 aliphatic rings. The van der Waals surface area contributed by atoms with E-state index < -0.39 is 6.23 Å². The summed E-state index contributed by atoms with van der Waals surface area (Å²) in [5, 5.41) is 19.0. The molecule has 1 atom stereocenters. The van der Waals surface area contributed by atoms with Gasteiger partial charge >= 0.3 is 0 Å². The van der Waals surface area contributed by atoms with Crippen LogP contribution < -0.4 is 10.9 Å². The molecule has 4 rings (SSSR count). The number of piperidine rings is 1. The van der Waals surface area contributed by atoms with Crippen molar-refractivity contribution in [3.8, 4) is 0 Å². The molecule has 2 aromatic heterocycles. The number of fused-ring (bicyclic) bond motifs is 1. The summed E-state index contributed by atoms with van der Waals surface area (Å²) in [5.41, 5.74) is 3.00. The van der Waals surface area contributed by atoms with Gasteiger partial charge in [-0.2, -0.15) is 5.10 Å². The second-order valence-corrected chi connectivity index (χ2v) is 7.28. The minimum Gasteiger partial charge on any atom is -0.374 e. The third-order valence-corrected chi connectivity index (χ3v) is 5.58. The zero-order valence-corrected chi connectivity index (χ0v) is 15.0. The molecule has 1 saturated heterocycles. The third-order valence-electron chi connectivity index (χ3n) is 5.58. The maximum atomic E-state index is 12.3. The number of aryl methyl sites for hydroxylation is 1. The molecule has 136 valence electrons. The van der Waals surface area contributed by atoms with Gasteiger partial charge in [0.25, 0.3) is 5.56 Å². The van der Waals surface area contributed by atoms with Crippen LogP contribution in [0.1, 0.15) is 61.7 Å². The predicted octanol–water partition coefficient (Wildman–Crippen LogP) is 1.27. The minimum atomic E-state index is -0.728. The first-order valence-corrected chi connectivity index (χ1v) is 9.37. The van der Waals surface area contributed by atoms with Crippen molar-refractivity contribution in [2.24, 2.45) is 0 Å². The number of hydrogen-bond donors (Lipinski definition) is 3. The summed E-state index contributed by atoms with van der Waals surface area (Å²) in [5.74, 6) is 0.320. The van der Waals surface area contributed by atoms with Crippen LogP contribution in [0.3, 0.4) is 0 Å². The van der Waals surface area contributed by atoms with Crippen molar-refractivity contribution in [2.45, 2.75) is 57.7 Å². The largest absolute Gasteiger partial charge is 0.374 e. The first-order valence-electron chi connectivity index (χ1n) is 9.37. The molecule has 2 fully saturated rings. The molecule has 0 spiro atoms.